The predicted molar refractivity (Wildman–Crippen MR) is 87.9 cm³/mol. The second-order valence-corrected chi connectivity index (χ2v) is 7.99. The second kappa shape index (κ2) is 7.65. The van der Waals surface area contributed by atoms with Gasteiger partial charge in [-0.1, -0.05) is 32.1 Å². The van der Waals surface area contributed by atoms with Crippen LogP contribution >= 0.6 is 0 Å². The Kier molecular flexibility index (Phi) is 5.75. The van der Waals surface area contributed by atoms with Crippen LogP contribution in [0.5, 0.6) is 0 Å². The molecule has 3 rings (SSSR count). The van der Waals surface area contributed by atoms with Crippen molar-refractivity contribution in [1.82, 2.24) is 10.2 Å². The molecule has 4 nitrogen and oxygen atoms in total. The highest BCUT2D eigenvalue weighted by Crippen LogP contribution is 2.46. The summed E-state index contributed by atoms with van der Waals surface area (Å²) in [6, 6.07) is -0.392. The van der Waals surface area contributed by atoms with E-state index in [1.165, 1.54) is 32.1 Å². The van der Waals surface area contributed by atoms with Crippen molar-refractivity contribution in [2.24, 2.45) is 11.3 Å². The van der Waals surface area contributed by atoms with Crippen LogP contribution in [0.25, 0.3) is 0 Å². The van der Waals surface area contributed by atoms with Gasteiger partial charge in [-0.2, -0.15) is 0 Å². The molecule has 0 aromatic heterocycles. The zero-order valence-corrected chi connectivity index (χ0v) is 14.4. The van der Waals surface area contributed by atoms with E-state index in [0.29, 0.717) is 19.4 Å². The lowest BCUT2D eigenvalue weighted by Crippen LogP contribution is -2.59. The zero-order valence-electron chi connectivity index (χ0n) is 14.4. The third-order valence-electron chi connectivity index (χ3n) is 6.43. The zero-order chi connectivity index (χ0) is 17.2. The largest absolute Gasteiger partial charge is 0.390 e. The van der Waals surface area contributed by atoms with Crippen LogP contribution < -0.4 is 5.32 Å². The lowest BCUT2D eigenvalue weighted by molar-refractivity contribution is -0.152. The Morgan fingerprint density at radius 2 is 1.92 bits per heavy atom. The van der Waals surface area contributed by atoms with Gasteiger partial charge in [-0.05, 0) is 38.1 Å². The second-order valence-electron chi connectivity index (χ2n) is 7.99. The van der Waals surface area contributed by atoms with Crippen LogP contribution in [-0.2, 0) is 4.79 Å². The Hall–Kier alpha value is -0.750. The first-order valence-corrected chi connectivity index (χ1v) is 9.51. The summed E-state index contributed by atoms with van der Waals surface area (Å²) in [5.74, 6) is 0.260. The summed E-state index contributed by atoms with van der Waals surface area (Å²) in [5, 5.41) is 13.0. The van der Waals surface area contributed by atoms with Gasteiger partial charge in [0, 0.05) is 13.1 Å². The Bertz CT molecular complexity index is 437. The summed E-state index contributed by atoms with van der Waals surface area (Å²) in [6.07, 6.45) is 5.06. The van der Waals surface area contributed by atoms with Crippen LogP contribution in [0.2, 0.25) is 0 Å². The van der Waals surface area contributed by atoms with E-state index in [1.54, 1.807) is 0 Å². The maximum atomic E-state index is 13.2. The summed E-state index contributed by atoms with van der Waals surface area (Å²) in [6.45, 7) is 2.33. The maximum Gasteiger partial charge on any atom is 0.252 e. The number of carbonyl (C=O) groups is 1. The third-order valence-corrected chi connectivity index (χ3v) is 6.43. The van der Waals surface area contributed by atoms with Gasteiger partial charge in [-0.3, -0.25) is 4.79 Å². The van der Waals surface area contributed by atoms with Crippen molar-refractivity contribution in [1.29, 1.82) is 0 Å². The highest BCUT2D eigenvalue weighted by atomic mass is 19.3. The summed E-state index contributed by atoms with van der Waals surface area (Å²) in [7, 11) is 0. The number of aliphatic hydroxyl groups excluding tert-OH is 1. The van der Waals surface area contributed by atoms with E-state index in [1.807, 2.05) is 0 Å². The molecule has 0 bridgehead atoms. The Morgan fingerprint density at radius 3 is 2.46 bits per heavy atom. The Balaban J connectivity index is 1.44. The number of aliphatic hydroxyl groups is 1. The molecular formula is C18H30F2N2O2. The fourth-order valence-corrected chi connectivity index (χ4v) is 4.45. The number of hydrogen-bond acceptors (Lipinski definition) is 3. The van der Waals surface area contributed by atoms with E-state index in [4.69, 9.17) is 0 Å². The van der Waals surface area contributed by atoms with Gasteiger partial charge in [-0.25, -0.2) is 8.78 Å². The lowest BCUT2D eigenvalue weighted by atomic mass is 9.68. The van der Waals surface area contributed by atoms with Gasteiger partial charge >= 0.3 is 0 Å². The average Bonchev–Trinajstić information content (AvgIpc) is 2.99. The highest BCUT2D eigenvalue weighted by molar-refractivity contribution is 5.84. The Labute approximate surface area is 143 Å². The van der Waals surface area contributed by atoms with Gasteiger partial charge in [0.25, 0.3) is 6.43 Å². The first kappa shape index (κ1) is 18.1. The van der Waals surface area contributed by atoms with Gasteiger partial charge in [0.05, 0.1) is 12.1 Å². The molecule has 6 heteroatoms. The first-order valence-electron chi connectivity index (χ1n) is 9.51. The molecule has 2 atom stereocenters. The van der Waals surface area contributed by atoms with Crippen LogP contribution in [0.4, 0.5) is 8.78 Å². The van der Waals surface area contributed by atoms with Crippen LogP contribution in [0.1, 0.15) is 57.8 Å². The molecule has 138 valence electrons. The number of amides is 1. The van der Waals surface area contributed by atoms with Crippen molar-refractivity contribution in [2.75, 3.05) is 19.6 Å². The number of nitrogens with zero attached hydrogens (tertiary/aromatic N) is 1. The van der Waals surface area contributed by atoms with Gasteiger partial charge < -0.3 is 15.3 Å². The molecule has 2 unspecified atom stereocenters. The number of hydrogen-bond donors (Lipinski definition) is 2. The number of nitrogens with one attached hydrogen (secondary N) is 1. The van der Waals surface area contributed by atoms with Gasteiger partial charge in [0.2, 0.25) is 5.91 Å². The van der Waals surface area contributed by atoms with Gasteiger partial charge in [0.15, 0.2) is 0 Å². The topological polar surface area (TPSA) is 52.6 Å². The summed E-state index contributed by atoms with van der Waals surface area (Å²) in [4.78, 5) is 14.5. The molecular weight excluding hydrogens is 314 g/mol. The van der Waals surface area contributed by atoms with Crippen molar-refractivity contribution >= 4 is 5.91 Å². The monoisotopic (exact) mass is 344 g/mol. The Morgan fingerprint density at radius 1 is 1.21 bits per heavy atom. The van der Waals surface area contributed by atoms with E-state index >= 15 is 0 Å². The minimum absolute atomic E-state index is 0.257. The van der Waals surface area contributed by atoms with E-state index in [-0.39, 0.29) is 12.8 Å². The minimum Gasteiger partial charge on any atom is -0.390 e. The van der Waals surface area contributed by atoms with Gasteiger partial charge in [-0.15, -0.1) is 0 Å². The molecule has 24 heavy (non-hydrogen) atoms. The molecule has 1 aliphatic heterocycles. The molecule has 0 radical (unpaired) electrons. The van der Waals surface area contributed by atoms with E-state index in [0.717, 1.165) is 19.0 Å². The lowest BCUT2D eigenvalue weighted by Gasteiger charge is -2.42. The minimum atomic E-state index is -2.62. The summed E-state index contributed by atoms with van der Waals surface area (Å²) in [5.41, 5.74) is -1.50. The van der Waals surface area contributed by atoms with Crippen molar-refractivity contribution < 1.29 is 18.7 Å². The van der Waals surface area contributed by atoms with Crippen molar-refractivity contribution in [3.63, 3.8) is 0 Å². The van der Waals surface area contributed by atoms with Crippen LogP contribution in [0.15, 0.2) is 0 Å². The fraction of sp³-hybridized carbons (Fsp3) is 0.944. The smallest absolute Gasteiger partial charge is 0.252 e. The molecule has 1 amide bonds. The number of β-amino-alcohol motifs (C(OH)–C–C–N with tert-alkyl or cyclic N) is 1. The molecule has 3 fully saturated rings. The predicted octanol–water partition coefficient (Wildman–Crippen LogP) is 2.55. The standard InChI is InChI=1S/C18H30F2N2O2/c19-16(20)18(8-3-9-18)17(24)21-14-7-11-22(12-15(14)23)10-6-13-4-1-2-5-13/h13-16,23H,1-12H2,(H,21,24). The highest BCUT2D eigenvalue weighted by Gasteiger charge is 2.52. The number of carbonyl (C=O) groups excluding carboxylic acids is 1. The summed E-state index contributed by atoms with van der Waals surface area (Å²) >= 11 is 0. The fourth-order valence-electron chi connectivity index (χ4n) is 4.45. The van der Waals surface area contributed by atoms with Gasteiger partial charge in [0.1, 0.15) is 5.41 Å². The molecule has 2 saturated carbocycles. The van der Waals surface area contributed by atoms with Crippen molar-refractivity contribution in [3.8, 4) is 0 Å². The molecule has 2 N–H and O–H groups in total. The molecule has 3 aliphatic rings. The molecule has 0 spiro atoms. The van der Waals surface area contributed by atoms with Crippen LogP contribution in [0.3, 0.4) is 0 Å². The third kappa shape index (κ3) is 3.74. The van der Waals surface area contributed by atoms with Crippen LogP contribution in [-0.4, -0.2) is 54.1 Å². The number of likely N-dealkylation sites (tertiary alicyclic amines) is 1. The summed E-state index contributed by atoms with van der Waals surface area (Å²) < 4.78 is 26.4. The van der Waals surface area contributed by atoms with E-state index < -0.39 is 29.9 Å². The number of halogens is 2. The normalized spacial score (nSPS) is 31.2. The van der Waals surface area contributed by atoms with E-state index in [9.17, 15) is 18.7 Å². The average molecular weight is 344 g/mol. The molecule has 1 heterocycles. The van der Waals surface area contributed by atoms with Crippen molar-refractivity contribution in [3.05, 3.63) is 0 Å². The SMILES string of the molecule is O=C(NC1CCN(CCC2CCCC2)CC1O)C1(C(F)F)CCC1. The van der Waals surface area contributed by atoms with Crippen molar-refractivity contribution in [2.45, 2.75) is 76.4 Å². The van der Waals surface area contributed by atoms with Crippen LogP contribution in [0, 0.1) is 11.3 Å². The maximum absolute atomic E-state index is 13.2. The van der Waals surface area contributed by atoms with E-state index in [2.05, 4.69) is 10.2 Å². The molecule has 2 aliphatic carbocycles. The number of alkyl halides is 2. The molecule has 0 aromatic rings. The molecule has 0 aromatic carbocycles. The molecule has 1 saturated heterocycles. The quantitative estimate of drug-likeness (QED) is 0.779. The number of rotatable bonds is 6. The first-order chi connectivity index (χ1) is 11.5. The number of piperidine rings is 1.